The van der Waals surface area contributed by atoms with E-state index < -0.39 is 6.04 Å². The zero-order chi connectivity index (χ0) is 18.8. The maximum atomic E-state index is 12.5. The predicted molar refractivity (Wildman–Crippen MR) is 98.4 cm³/mol. The molecule has 4 rings (SSSR count). The zero-order valence-corrected chi connectivity index (χ0v) is 15.2. The Bertz CT molecular complexity index is 965. The molecule has 1 aliphatic rings. The molecule has 0 spiro atoms. The van der Waals surface area contributed by atoms with E-state index >= 15 is 0 Å². The molecule has 1 unspecified atom stereocenters. The highest BCUT2D eigenvalue weighted by Gasteiger charge is 2.26. The van der Waals surface area contributed by atoms with E-state index in [1.807, 2.05) is 18.2 Å². The van der Waals surface area contributed by atoms with Crippen LogP contribution in [0.1, 0.15) is 53.7 Å². The maximum Gasteiger partial charge on any atom is 0.255 e. The summed E-state index contributed by atoms with van der Waals surface area (Å²) in [5, 5.41) is 6.92. The fourth-order valence-electron chi connectivity index (χ4n) is 2.89. The first-order valence-corrected chi connectivity index (χ1v) is 8.89. The molecular formula is C20H20N4O3. The number of methoxy groups -OCH3 is 1. The summed E-state index contributed by atoms with van der Waals surface area (Å²) in [4.78, 5) is 21.4. The van der Waals surface area contributed by atoms with Crippen LogP contribution in [-0.4, -0.2) is 28.1 Å². The van der Waals surface area contributed by atoms with Gasteiger partial charge in [0, 0.05) is 23.4 Å². The topological polar surface area (TPSA) is 90.1 Å². The van der Waals surface area contributed by atoms with Gasteiger partial charge in [0.15, 0.2) is 0 Å². The molecule has 138 valence electrons. The van der Waals surface area contributed by atoms with Gasteiger partial charge in [-0.25, -0.2) is 0 Å². The molecule has 0 saturated heterocycles. The number of carbonyl (C=O) groups is 1. The molecule has 0 bridgehead atoms. The van der Waals surface area contributed by atoms with Gasteiger partial charge in [-0.3, -0.25) is 9.78 Å². The summed E-state index contributed by atoms with van der Waals surface area (Å²) < 4.78 is 10.6. The summed E-state index contributed by atoms with van der Waals surface area (Å²) in [5.41, 5.74) is 2.39. The van der Waals surface area contributed by atoms with Gasteiger partial charge in [0.05, 0.1) is 12.7 Å². The average molecular weight is 364 g/mol. The van der Waals surface area contributed by atoms with Gasteiger partial charge >= 0.3 is 0 Å². The molecule has 1 amide bonds. The van der Waals surface area contributed by atoms with Gasteiger partial charge in [-0.1, -0.05) is 17.3 Å². The molecule has 0 radical (unpaired) electrons. The smallest absolute Gasteiger partial charge is 0.255 e. The Morgan fingerprint density at radius 1 is 1.30 bits per heavy atom. The van der Waals surface area contributed by atoms with Crippen molar-refractivity contribution in [2.45, 2.75) is 31.7 Å². The fraction of sp³-hybridized carbons (Fsp3) is 0.300. The minimum Gasteiger partial charge on any atom is -0.496 e. The Morgan fingerprint density at radius 3 is 2.89 bits per heavy atom. The molecular weight excluding hydrogens is 344 g/mol. The highest BCUT2D eigenvalue weighted by Crippen LogP contribution is 2.39. The second kappa shape index (κ2) is 7.19. The van der Waals surface area contributed by atoms with Crippen molar-refractivity contribution in [3.8, 4) is 17.1 Å². The molecule has 2 heterocycles. The van der Waals surface area contributed by atoms with Crippen molar-refractivity contribution in [1.29, 1.82) is 0 Å². The van der Waals surface area contributed by atoms with Crippen molar-refractivity contribution in [1.82, 2.24) is 20.4 Å². The maximum absolute atomic E-state index is 12.5. The van der Waals surface area contributed by atoms with Crippen molar-refractivity contribution in [3.63, 3.8) is 0 Å². The van der Waals surface area contributed by atoms with Crippen LogP contribution >= 0.6 is 0 Å². The van der Waals surface area contributed by atoms with E-state index in [0.717, 1.165) is 11.3 Å². The summed E-state index contributed by atoms with van der Waals surface area (Å²) in [5.74, 6) is 1.64. The van der Waals surface area contributed by atoms with Crippen molar-refractivity contribution in [2.75, 3.05) is 7.11 Å². The van der Waals surface area contributed by atoms with Crippen LogP contribution in [0.25, 0.3) is 11.4 Å². The lowest BCUT2D eigenvalue weighted by Gasteiger charge is -2.12. The summed E-state index contributed by atoms with van der Waals surface area (Å²) in [6.07, 6.45) is 4.13. The molecule has 0 aliphatic heterocycles. The van der Waals surface area contributed by atoms with Gasteiger partial charge in [-0.05, 0) is 44.0 Å². The standard InChI is InChI=1S/C20H20N4O3/c1-12(22-19(25)15-5-3-4-6-17(15)26-2)20-23-18(24-27-20)14-9-10-21-16(11-14)13-7-8-13/h3-6,9-13H,7-8H2,1-2H3,(H,22,25). The summed E-state index contributed by atoms with van der Waals surface area (Å²) in [6, 6.07) is 10.5. The number of aromatic nitrogens is 3. The Labute approximate surface area is 156 Å². The van der Waals surface area contributed by atoms with E-state index in [-0.39, 0.29) is 5.91 Å². The van der Waals surface area contributed by atoms with Crippen LogP contribution in [0.15, 0.2) is 47.1 Å². The first-order valence-electron chi connectivity index (χ1n) is 8.89. The molecule has 2 aromatic heterocycles. The molecule has 1 atom stereocenters. The van der Waals surface area contributed by atoms with Crippen LogP contribution in [0.4, 0.5) is 0 Å². The predicted octanol–water partition coefficient (Wildman–Crippen LogP) is 3.51. The third kappa shape index (κ3) is 3.67. The zero-order valence-electron chi connectivity index (χ0n) is 15.2. The van der Waals surface area contributed by atoms with Crippen LogP contribution < -0.4 is 10.1 Å². The molecule has 1 aliphatic carbocycles. The van der Waals surface area contributed by atoms with E-state index in [4.69, 9.17) is 9.26 Å². The molecule has 7 heteroatoms. The van der Waals surface area contributed by atoms with Crippen LogP contribution in [0.3, 0.4) is 0 Å². The molecule has 1 aromatic carbocycles. The number of hydrogen-bond acceptors (Lipinski definition) is 6. The Balaban J connectivity index is 1.49. The number of nitrogens with one attached hydrogen (secondary N) is 1. The van der Waals surface area contributed by atoms with Gasteiger partial charge in [0.25, 0.3) is 5.91 Å². The van der Waals surface area contributed by atoms with E-state index in [0.29, 0.717) is 28.9 Å². The first kappa shape index (κ1) is 17.2. The molecule has 3 aromatic rings. The number of nitrogens with zero attached hydrogens (tertiary/aromatic N) is 3. The molecule has 1 saturated carbocycles. The number of para-hydroxylation sites is 1. The van der Waals surface area contributed by atoms with E-state index in [9.17, 15) is 4.79 Å². The molecule has 1 fully saturated rings. The number of amides is 1. The monoisotopic (exact) mass is 364 g/mol. The second-order valence-electron chi connectivity index (χ2n) is 6.60. The fourth-order valence-corrected chi connectivity index (χ4v) is 2.89. The lowest BCUT2D eigenvalue weighted by Crippen LogP contribution is -2.27. The van der Waals surface area contributed by atoms with E-state index in [2.05, 4.69) is 20.4 Å². The number of benzene rings is 1. The van der Waals surface area contributed by atoms with Gasteiger partial charge in [0.2, 0.25) is 11.7 Å². The lowest BCUT2D eigenvalue weighted by atomic mass is 10.1. The van der Waals surface area contributed by atoms with Crippen LogP contribution in [-0.2, 0) is 0 Å². The van der Waals surface area contributed by atoms with Crippen LogP contribution in [0.2, 0.25) is 0 Å². The third-order valence-corrected chi connectivity index (χ3v) is 4.55. The summed E-state index contributed by atoms with van der Waals surface area (Å²) in [6.45, 7) is 1.80. The minimum absolute atomic E-state index is 0.264. The van der Waals surface area contributed by atoms with Gasteiger partial charge in [-0.2, -0.15) is 4.98 Å². The minimum atomic E-state index is -0.437. The van der Waals surface area contributed by atoms with Crippen molar-refractivity contribution in [2.24, 2.45) is 0 Å². The number of hydrogen-bond donors (Lipinski definition) is 1. The number of rotatable bonds is 6. The average Bonchev–Trinajstić information content (AvgIpc) is 3.44. The molecule has 1 N–H and O–H groups in total. The highest BCUT2D eigenvalue weighted by atomic mass is 16.5. The quantitative estimate of drug-likeness (QED) is 0.720. The Kier molecular flexibility index (Phi) is 4.58. The Morgan fingerprint density at radius 2 is 2.11 bits per heavy atom. The van der Waals surface area contributed by atoms with Crippen molar-refractivity contribution in [3.05, 3.63) is 59.7 Å². The number of ether oxygens (including phenoxy) is 1. The van der Waals surface area contributed by atoms with Gasteiger partial charge in [-0.15, -0.1) is 0 Å². The van der Waals surface area contributed by atoms with Gasteiger partial charge < -0.3 is 14.6 Å². The van der Waals surface area contributed by atoms with E-state index in [1.54, 1.807) is 31.3 Å². The number of carbonyl (C=O) groups excluding carboxylic acids is 1. The van der Waals surface area contributed by atoms with Crippen LogP contribution in [0.5, 0.6) is 5.75 Å². The SMILES string of the molecule is COc1ccccc1C(=O)NC(C)c1nc(-c2ccnc(C3CC3)c2)no1. The Hall–Kier alpha value is -3.22. The summed E-state index contributed by atoms with van der Waals surface area (Å²) >= 11 is 0. The first-order chi connectivity index (χ1) is 13.2. The highest BCUT2D eigenvalue weighted by molar-refractivity contribution is 5.97. The second-order valence-corrected chi connectivity index (χ2v) is 6.60. The van der Waals surface area contributed by atoms with Crippen molar-refractivity contribution < 1.29 is 14.1 Å². The normalized spacial score (nSPS) is 14.6. The van der Waals surface area contributed by atoms with Crippen molar-refractivity contribution >= 4 is 5.91 Å². The molecule has 27 heavy (non-hydrogen) atoms. The van der Waals surface area contributed by atoms with Crippen LogP contribution in [0, 0.1) is 0 Å². The number of pyridine rings is 1. The largest absolute Gasteiger partial charge is 0.496 e. The third-order valence-electron chi connectivity index (χ3n) is 4.55. The van der Waals surface area contributed by atoms with E-state index in [1.165, 1.54) is 20.0 Å². The lowest BCUT2D eigenvalue weighted by molar-refractivity contribution is 0.0929. The molecule has 7 nitrogen and oxygen atoms in total. The van der Waals surface area contributed by atoms with Gasteiger partial charge in [0.1, 0.15) is 11.8 Å². The summed E-state index contributed by atoms with van der Waals surface area (Å²) in [7, 11) is 1.53.